The highest BCUT2D eigenvalue weighted by Gasteiger charge is 1.95. The van der Waals surface area contributed by atoms with Gasteiger partial charge in [-0.3, -0.25) is 4.55 Å². The van der Waals surface area contributed by atoms with Crippen molar-refractivity contribution in [3.63, 3.8) is 0 Å². The molecule has 0 atom stereocenters. The van der Waals surface area contributed by atoms with Crippen molar-refractivity contribution < 1.29 is 13.0 Å². The summed E-state index contributed by atoms with van der Waals surface area (Å²) in [5.74, 6) is 0. The molecule has 0 aromatic heterocycles. The molecule has 0 unspecified atom stereocenters. The molecule has 0 aliphatic rings. The average Bonchev–Trinajstić information content (AvgIpc) is 1.35. The SMILES string of the molecule is O=S(=O)(O)CCl. The summed E-state index contributed by atoms with van der Waals surface area (Å²) in [6.45, 7) is 0. The molecule has 0 aliphatic heterocycles. The van der Waals surface area contributed by atoms with Gasteiger partial charge in [-0.2, -0.15) is 8.42 Å². The molecule has 0 rings (SSSR count). The summed E-state index contributed by atoms with van der Waals surface area (Å²) in [6, 6.07) is 0. The normalized spacial score (nSPS) is 11.7. The zero-order valence-electron chi connectivity index (χ0n) is 2.76. The number of hydrogen-bond acceptors (Lipinski definition) is 2. The molecular weight excluding hydrogens is 128 g/mol. The summed E-state index contributed by atoms with van der Waals surface area (Å²) >= 11 is 4.64. The van der Waals surface area contributed by atoms with Crippen molar-refractivity contribution in [1.29, 1.82) is 0 Å². The molecule has 0 heterocycles. The van der Waals surface area contributed by atoms with Gasteiger partial charge >= 0.3 is 0 Å². The summed E-state index contributed by atoms with van der Waals surface area (Å²) in [5.41, 5.74) is 0. The first-order valence-electron chi connectivity index (χ1n) is 1.07. The molecule has 0 spiro atoms. The van der Waals surface area contributed by atoms with E-state index in [1.165, 1.54) is 0 Å². The smallest absolute Gasteiger partial charge is 0.279 e. The van der Waals surface area contributed by atoms with Gasteiger partial charge in [0.05, 0.1) is 0 Å². The minimum atomic E-state index is -3.90. The van der Waals surface area contributed by atoms with Gasteiger partial charge in [0.25, 0.3) is 10.1 Å². The molecule has 0 bridgehead atoms. The van der Waals surface area contributed by atoms with Gasteiger partial charge in [-0.15, -0.1) is 11.6 Å². The van der Waals surface area contributed by atoms with Crippen LogP contribution in [0.1, 0.15) is 0 Å². The van der Waals surface area contributed by atoms with Crippen molar-refractivity contribution in [2.24, 2.45) is 0 Å². The molecule has 0 aliphatic carbocycles. The predicted octanol–water partition coefficient (Wildman–Crippen LogP) is 0.0705. The third-order valence-corrected chi connectivity index (χ3v) is 1.24. The molecule has 1 N–H and O–H groups in total. The van der Waals surface area contributed by atoms with Crippen molar-refractivity contribution >= 4 is 21.7 Å². The largest absolute Gasteiger partial charge is 0.285 e. The van der Waals surface area contributed by atoms with Crippen LogP contribution in [0.2, 0.25) is 0 Å². The van der Waals surface area contributed by atoms with E-state index in [2.05, 4.69) is 11.6 Å². The Balaban J connectivity index is 3.85. The Morgan fingerprint density at radius 1 is 1.67 bits per heavy atom. The zero-order chi connectivity index (χ0) is 5.21. The second kappa shape index (κ2) is 1.77. The molecule has 0 aromatic carbocycles. The standard InChI is InChI=1S/CH3ClO3S/c2-1-6(3,4)5/h1H2,(H,3,4,5). The van der Waals surface area contributed by atoms with E-state index in [1.54, 1.807) is 0 Å². The van der Waals surface area contributed by atoms with Gasteiger partial charge in [0.2, 0.25) is 0 Å². The fraction of sp³-hybridized carbons (Fsp3) is 1.00. The summed E-state index contributed by atoms with van der Waals surface area (Å²) in [6.07, 6.45) is 0. The molecule has 0 saturated heterocycles. The lowest BCUT2D eigenvalue weighted by Crippen LogP contribution is -1.95. The Kier molecular flexibility index (Phi) is 1.83. The second-order valence-electron chi connectivity index (χ2n) is 0.691. The van der Waals surface area contributed by atoms with Gasteiger partial charge < -0.3 is 0 Å². The molecule has 6 heavy (non-hydrogen) atoms. The summed E-state index contributed by atoms with van der Waals surface area (Å²) in [4.78, 5) is 0. The highest BCUT2D eigenvalue weighted by Crippen LogP contribution is 1.82. The van der Waals surface area contributed by atoms with Crippen LogP contribution in [0.4, 0.5) is 0 Å². The van der Waals surface area contributed by atoms with Crippen LogP contribution in [-0.4, -0.2) is 18.2 Å². The monoisotopic (exact) mass is 130 g/mol. The maximum absolute atomic E-state index is 9.42. The fourth-order valence-corrected chi connectivity index (χ4v) is 0. The van der Waals surface area contributed by atoms with Crippen LogP contribution in [-0.2, 0) is 10.1 Å². The van der Waals surface area contributed by atoms with Gasteiger partial charge in [0, 0.05) is 0 Å². The maximum Gasteiger partial charge on any atom is 0.279 e. The van der Waals surface area contributed by atoms with E-state index in [0.29, 0.717) is 0 Å². The van der Waals surface area contributed by atoms with Crippen LogP contribution in [0.25, 0.3) is 0 Å². The van der Waals surface area contributed by atoms with Crippen LogP contribution in [0, 0.1) is 0 Å². The molecular formula is CH3ClO3S. The lowest BCUT2D eigenvalue weighted by atomic mass is 11.9. The Hall–Kier alpha value is 0.200. The molecule has 0 radical (unpaired) electrons. The maximum atomic E-state index is 9.42. The zero-order valence-corrected chi connectivity index (χ0v) is 4.33. The summed E-state index contributed by atoms with van der Waals surface area (Å²) in [5, 5.41) is -0.729. The predicted molar refractivity (Wildman–Crippen MR) is 22.3 cm³/mol. The van der Waals surface area contributed by atoms with E-state index < -0.39 is 15.3 Å². The first-order valence-corrected chi connectivity index (χ1v) is 3.22. The topological polar surface area (TPSA) is 54.4 Å². The highest BCUT2D eigenvalue weighted by molar-refractivity contribution is 7.87. The lowest BCUT2D eigenvalue weighted by Gasteiger charge is -1.78. The molecule has 0 amide bonds. The Morgan fingerprint density at radius 2 is 1.83 bits per heavy atom. The van der Waals surface area contributed by atoms with Gasteiger partial charge in [-0.05, 0) is 0 Å². The molecule has 3 nitrogen and oxygen atoms in total. The van der Waals surface area contributed by atoms with Crippen LogP contribution < -0.4 is 0 Å². The Bertz CT molecular complexity index is 113. The molecule has 0 aromatic rings. The van der Waals surface area contributed by atoms with E-state index >= 15 is 0 Å². The van der Waals surface area contributed by atoms with Gasteiger partial charge in [-0.1, -0.05) is 0 Å². The minimum absolute atomic E-state index is 0.729. The number of alkyl halides is 1. The first-order chi connectivity index (χ1) is 2.56. The molecule has 0 saturated carbocycles. The van der Waals surface area contributed by atoms with E-state index in [0.717, 1.165) is 0 Å². The third kappa shape index (κ3) is 4.20. The number of hydrogen-bond donors (Lipinski definition) is 1. The Labute approximate surface area is 40.7 Å². The van der Waals surface area contributed by atoms with Crippen LogP contribution in [0.3, 0.4) is 0 Å². The number of rotatable bonds is 1. The quantitative estimate of drug-likeness (QED) is 0.404. The van der Waals surface area contributed by atoms with Crippen molar-refractivity contribution in [3.05, 3.63) is 0 Å². The lowest BCUT2D eigenvalue weighted by molar-refractivity contribution is 0.488. The van der Waals surface area contributed by atoms with Crippen molar-refractivity contribution in [2.45, 2.75) is 0 Å². The summed E-state index contributed by atoms with van der Waals surface area (Å²) < 4.78 is 26.5. The minimum Gasteiger partial charge on any atom is -0.285 e. The van der Waals surface area contributed by atoms with Crippen molar-refractivity contribution in [2.75, 3.05) is 5.21 Å². The van der Waals surface area contributed by atoms with E-state index in [4.69, 9.17) is 4.55 Å². The van der Waals surface area contributed by atoms with E-state index in [9.17, 15) is 8.42 Å². The van der Waals surface area contributed by atoms with Crippen LogP contribution in [0.5, 0.6) is 0 Å². The van der Waals surface area contributed by atoms with Gasteiger partial charge in [0.1, 0.15) is 5.21 Å². The van der Waals surface area contributed by atoms with Crippen LogP contribution in [0.15, 0.2) is 0 Å². The van der Waals surface area contributed by atoms with Crippen molar-refractivity contribution in [3.8, 4) is 0 Å². The summed E-state index contributed by atoms with van der Waals surface area (Å²) in [7, 11) is -3.90. The first kappa shape index (κ1) is 6.20. The molecule has 5 heteroatoms. The Morgan fingerprint density at radius 3 is 1.83 bits per heavy atom. The van der Waals surface area contributed by atoms with E-state index in [1.807, 2.05) is 0 Å². The second-order valence-corrected chi connectivity index (χ2v) is 2.73. The van der Waals surface area contributed by atoms with Crippen LogP contribution >= 0.6 is 11.6 Å². The fourth-order valence-electron chi connectivity index (χ4n) is 0. The highest BCUT2D eigenvalue weighted by atomic mass is 35.5. The molecule has 38 valence electrons. The third-order valence-electron chi connectivity index (χ3n) is 0.138. The molecule has 0 fully saturated rings. The van der Waals surface area contributed by atoms with Gasteiger partial charge in [0.15, 0.2) is 0 Å². The van der Waals surface area contributed by atoms with Crippen molar-refractivity contribution in [1.82, 2.24) is 0 Å². The van der Waals surface area contributed by atoms with E-state index in [-0.39, 0.29) is 0 Å². The average molecular weight is 131 g/mol. The number of halogens is 1. The van der Waals surface area contributed by atoms with Gasteiger partial charge in [-0.25, -0.2) is 0 Å².